The number of nitrogens with one attached hydrogen (secondary N) is 1. The maximum Gasteiger partial charge on any atom is 0.0756 e. The Morgan fingerprint density at radius 2 is 1.80 bits per heavy atom. The summed E-state index contributed by atoms with van der Waals surface area (Å²) in [5, 5.41) is 14.1. The van der Waals surface area contributed by atoms with Gasteiger partial charge in [0.15, 0.2) is 0 Å². The van der Waals surface area contributed by atoms with Gasteiger partial charge in [0.25, 0.3) is 0 Å². The van der Waals surface area contributed by atoms with Crippen LogP contribution in [0.25, 0.3) is 0 Å². The maximum atomic E-state index is 9.62. The Kier molecular flexibility index (Phi) is 5.75. The second-order valence-electron chi connectivity index (χ2n) is 4.17. The van der Waals surface area contributed by atoms with Gasteiger partial charge >= 0.3 is 0 Å². The molecule has 0 heterocycles. The number of hydrogen-bond acceptors (Lipinski definition) is 2. The van der Waals surface area contributed by atoms with E-state index in [9.17, 15) is 5.11 Å². The largest absolute Gasteiger partial charge is 0.394 e. The van der Waals surface area contributed by atoms with Crippen LogP contribution in [0.15, 0.2) is 45.3 Å². The van der Waals surface area contributed by atoms with Gasteiger partial charge in [0.05, 0.1) is 17.7 Å². The molecule has 2 N–H and O–H groups in total. The molecule has 2 nitrogen and oxygen atoms in total. The summed E-state index contributed by atoms with van der Waals surface area (Å²) in [5.74, 6) is 0. The number of benzene rings is 2. The Labute approximate surface area is 144 Å². The van der Waals surface area contributed by atoms with E-state index in [4.69, 9.17) is 23.2 Å². The average molecular weight is 440 g/mol. The minimum Gasteiger partial charge on any atom is -0.394 e. The molecule has 1 atom stereocenters. The molecule has 0 saturated heterocycles. The van der Waals surface area contributed by atoms with E-state index in [0.29, 0.717) is 10.0 Å². The quantitative estimate of drug-likeness (QED) is 0.643. The zero-order chi connectivity index (χ0) is 14.7. The second-order valence-corrected chi connectivity index (χ2v) is 6.73. The highest BCUT2D eigenvalue weighted by Crippen LogP contribution is 2.31. The number of halogens is 4. The fourth-order valence-electron chi connectivity index (χ4n) is 1.79. The molecule has 0 bridgehead atoms. The van der Waals surface area contributed by atoms with Crippen molar-refractivity contribution in [1.29, 1.82) is 0 Å². The molecule has 6 heteroatoms. The van der Waals surface area contributed by atoms with E-state index in [0.717, 1.165) is 20.2 Å². The van der Waals surface area contributed by atoms with Crippen molar-refractivity contribution in [2.45, 2.75) is 6.04 Å². The summed E-state index contributed by atoms with van der Waals surface area (Å²) in [5.41, 5.74) is 1.75. The Morgan fingerprint density at radius 3 is 2.45 bits per heavy atom. The predicted molar refractivity (Wildman–Crippen MR) is 91.8 cm³/mol. The highest BCUT2D eigenvalue weighted by molar-refractivity contribution is 9.10. The first-order valence-corrected chi connectivity index (χ1v) is 8.13. The summed E-state index contributed by atoms with van der Waals surface area (Å²) in [7, 11) is 0. The zero-order valence-corrected chi connectivity index (χ0v) is 14.9. The number of anilines is 1. The van der Waals surface area contributed by atoms with Crippen molar-refractivity contribution in [2.75, 3.05) is 11.9 Å². The minimum atomic E-state index is -0.267. The average Bonchev–Trinajstić information content (AvgIpc) is 2.43. The van der Waals surface area contributed by atoms with Crippen molar-refractivity contribution < 1.29 is 5.11 Å². The van der Waals surface area contributed by atoms with Gasteiger partial charge in [-0.05, 0) is 57.9 Å². The molecule has 0 saturated carbocycles. The summed E-state index contributed by atoms with van der Waals surface area (Å²) in [6.45, 7) is -0.0564. The first-order valence-electron chi connectivity index (χ1n) is 5.78. The minimum absolute atomic E-state index is 0.0564. The molecule has 0 aliphatic rings. The van der Waals surface area contributed by atoms with E-state index >= 15 is 0 Å². The van der Waals surface area contributed by atoms with Gasteiger partial charge in [-0.2, -0.15) is 0 Å². The van der Waals surface area contributed by atoms with Crippen LogP contribution in [0.4, 0.5) is 5.69 Å². The van der Waals surface area contributed by atoms with E-state index in [1.807, 2.05) is 24.3 Å². The summed E-state index contributed by atoms with van der Waals surface area (Å²) < 4.78 is 1.69. The van der Waals surface area contributed by atoms with Crippen molar-refractivity contribution >= 4 is 60.7 Å². The number of aliphatic hydroxyl groups is 1. The Morgan fingerprint density at radius 1 is 1.05 bits per heavy atom. The summed E-state index contributed by atoms with van der Waals surface area (Å²) in [6, 6.07) is 10.7. The number of rotatable bonds is 4. The van der Waals surface area contributed by atoms with Crippen LogP contribution in [0.1, 0.15) is 11.6 Å². The fraction of sp³-hybridized carbons (Fsp3) is 0.143. The molecule has 0 spiro atoms. The van der Waals surface area contributed by atoms with Crippen LogP contribution >= 0.6 is 55.1 Å². The summed E-state index contributed by atoms with van der Waals surface area (Å²) >= 11 is 18.8. The standard InChI is InChI=1S/C14H11Br2Cl2NO/c15-11-3-1-8(17)5-10(11)14(7-20)19-9-2-4-13(18)12(16)6-9/h1-6,14,19-20H,7H2. The van der Waals surface area contributed by atoms with Crippen LogP contribution in [-0.4, -0.2) is 11.7 Å². The Balaban J connectivity index is 2.28. The van der Waals surface area contributed by atoms with Crippen LogP contribution in [0.3, 0.4) is 0 Å². The van der Waals surface area contributed by atoms with Gasteiger partial charge < -0.3 is 10.4 Å². The molecule has 0 aromatic heterocycles. The SMILES string of the molecule is OCC(Nc1ccc(Cl)c(Br)c1)c1cc(Cl)ccc1Br. The van der Waals surface area contributed by atoms with Gasteiger partial charge in [-0.15, -0.1) is 0 Å². The summed E-state index contributed by atoms with van der Waals surface area (Å²) in [6.07, 6.45) is 0. The van der Waals surface area contributed by atoms with Crippen molar-refractivity contribution in [3.8, 4) is 0 Å². The number of hydrogen-bond donors (Lipinski definition) is 2. The van der Waals surface area contributed by atoms with Gasteiger partial charge in [-0.1, -0.05) is 39.1 Å². The molecule has 2 aromatic rings. The number of aliphatic hydroxyl groups excluding tert-OH is 1. The van der Waals surface area contributed by atoms with Gasteiger partial charge in [0, 0.05) is 19.7 Å². The van der Waals surface area contributed by atoms with Crippen LogP contribution in [0.2, 0.25) is 10.0 Å². The van der Waals surface area contributed by atoms with E-state index in [2.05, 4.69) is 37.2 Å². The van der Waals surface area contributed by atoms with E-state index in [-0.39, 0.29) is 12.6 Å². The lowest BCUT2D eigenvalue weighted by Crippen LogP contribution is -2.15. The maximum absolute atomic E-state index is 9.62. The highest BCUT2D eigenvalue weighted by atomic mass is 79.9. The topological polar surface area (TPSA) is 32.3 Å². The second kappa shape index (κ2) is 7.14. The molecule has 0 aliphatic heterocycles. The first-order chi connectivity index (χ1) is 9.51. The monoisotopic (exact) mass is 437 g/mol. The van der Waals surface area contributed by atoms with Crippen LogP contribution in [0.5, 0.6) is 0 Å². The van der Waals surface area contributed by atoms with Crippen molar-refractivity contribution in [1.82, 2.24) is 0 Å². The van der Waals surface area contributed by atoms with Crippen LogP contribution in [-0.2, 0) is 0 Å². The van der Waals surface area contributed by atoms with Crippen molar-refractivity contribution in [3.63, 3.8) is 0 Å². The summed E-state index contributed by atoms with van der Waals surface area (Å²) in [4.78, 5) is 0. The molecule has 1 unspecified atom stereocenters. The normalized spacial score (nSPS) is 12.2. The molecule has 0 amide bonds. The Bertz CT molecular complexity index is 622. The molecule has 106 valence electrons. The molecular formula is C14H11Br2Cl2NO. The molecule has 20 heavy (non-hydrogen) atoms. The molecule has 0 radical (unpaired) electrons. The third-order valence-corrected chi connectivity index (χ3v) is 4.95. The smallest absolute Gasteiger partial charge is 0.0756 e. The fourth-order valence-corrected chi connectivity index (χ4v) is 2.99. The first kappa shape index (κ1) is 16.1. The molecule has 2 aromatic carbocycles. The molecular weight excluding hydrogens is 429 g/mol. The van der Waals surface area contributed by atoms with Gasteiger partial charge in [-0.3, -0.25) is 0 Å². The lowest BCUT2D eigenvalue weighted by atomic mass is 10.1. The molecule has 0 fully saturated rings. The predicted octanol–water partition coefficient (Wildman–Crippen LogP) is 5.66. The van der Waals surface area contributed by atoms with Gasteiger partial charge in [0.1, 0.15) is 0 Å². The molecule has 0 aliphatic carbocycles. The van der Waals surface area contributed by atoms with E-state index < -0.39 is 0 Å². The third-order valence-electron chi connectivity index (χ3n) is 2.78. The van der Waals surface area contributed by atoms with E-state index in [1.165, 1.54) is 0 Å². The van der Waals surface area contributed by atoms with E-state index in [1.54, 1.807) is 12.1 Å². The van der Waals surface area contributed by atoms with Crippen LogP contribution < -0.4 is 5.32 Å². The highest BCUT2D eigenvalue weighted by Gasteiger charge is 2.14. The van der Waals surface area contributed by atoms with Gasteiger partial charge in [0.2, 0.25) is 0 Å². The molecule has 2 rings (SSSR count). The van der Waals surface area contributed by atoms with Crippen LogP contribution in [0, 0.1) is 0 Å². The third kappa shape index (κ3) is 3.89. The lowest BCUT2D eigenvalue weighted by molar-refractivity contribution is 0.276. The van der Waals surface area contributed by atoms with Crippen molar-refractivity contribution in [3.05, 3.63) is 61.0 Å². The van der Waals surface area contributed by atoms with Gasteiger partial charge in [-0.25, -0.2) is 0 Å². The van der Waals surface area contributed by atoms with Crippen molar-refractivity contribution in [2.24, 2.45) is 0 Å². The zero-order valence-electron chi connectivity index (χ0n) is 10.2. The Hall–Kier alpha value is -0.260. The lowest BCUT2D eigenvalue weighted by Gasteiger charge is -2.20.